The molecular formula is C17H22N2O2. The minimum absolute atomic E-state index is 0.0623. The highest BCUT2D eigenvalue weighted by Crippen LogP contribution is 2.27. The van der Waals surface area contributed by atoms with Gasteiger partial charge in [0.1, 0.15) is 5.75 Å². The Bertz CT molecular complexity index is 513. The predicted octanol–water partition coefficient (Wildman–Crippen LogP) is 2.78. The van der Waals surface area contributed by atoms with Gasteiger partial charge in [-0.3, -0.25) is 4.79 Å². The highest BCUT2D eigenvalue weighted by molar-refractivity contribution is 5.78. The van der Waals surface area contributed by atoms with E-state index in [9.17, 15) is 4.79 Å². The Morgan fingerprint density at radius 2 is 2.05 bits per heavy atom. The number of carbonyl (C=O) groups is 1. The molecule has 1 aliphatic carbocycles. The van der Waals surface area contributed by atoms with E-state index in [1.807, 2.05) is 29.2 Å². The average Bonchev–Trinajstić information content (AvgIpc) is 3.28. The normalized spacial score (nSPS) is 13.8. The van der Waals surface area contributed by atoms with E-state index in [4.69, 9.17) is 10.00 Å². The minimum Gasteiger partial charge on any atom is -0.484 e. The molecule has 21 heavy (non-hydrogen) atoms. The highest BCUT2D eigenvalue weighted by atomic mass is 16.5. The van der Waals surface area contributed by atoms with Crippen molar-refractivity contribution in [2.75, 3.05) is 13.2 Å². The second-order valence-corrected chi connectivity index (χ2v) is 5.94. The molecular weight excluding hydrogens is 264 g/mol. The molecule has 0 bridgehead atoms. The summed E-state index contributed by atoms with van der Waals surface area (Å²) in [6.07, 6.45) is 2.62. The summed E-state index contributed by atoms with van der Waals surface area (Å²) in [5, 5.41) is 8.62. The Hall–Kier alpha value is -2.02. The van der Waals surface area contributed by atoms with Gasteiger partial charge in [0.2, 0.25) is 0 Å². The maximum Gasteiger partial charge on any atom is 0.260 e. The molecule has 0 radical (unpaired) electrons. The lowest BCUT2D eigenvalue weighted by Crippen LogP contribution is -2.39. The Balaban J connectivity index is 1.86. The second kappa shape index (κ2) is 7.12. The molecule has 0 atom stereocenters. The van der Waals surface area contributed by atoms with Gasteiger partial charge in [0, 0.05) is 12.6 Å². The molecule has 1 aromatic rings. The van der Waals surface area contributed by atoms with Crippen LogP contribution in [0.5, 0.6) is 5.75 Å². The third kappa shape index (κ3) is 4.78. The van der Waals surface area contributed by atoms with E-state index in [1.165, 1.54) is 0 Å². The van der Waals surface area contributed by atoms with Crippen LogP contribution in [0.1, 0.15) is 32.3 Å². The topological polar surface area (TPSA) is 53.3 Å². The highest BCUT2D eigenvalue weighted by Gasteiger charge is 2.32. The van der Waals surface area contributed by atoms with E-state index in [0.29, 0.717) is 24.1 Å². The lowest BCUT2D eigenvalue weighted by atomic mass is 10.2. The number of nitrogens with zero attached hydrogens (tertiary/aromatic N) is 2. The molecule has 0 saturated heterocycles. The van der Waals surface area contributed by atoms with Crippen LogP contribution in [0, 0.1) is 17.2 Å². The summed E-state index contributed by atoms with van der Waals surface area (Å²) >= 11 is 0. The van der Waals surface area contributed by atoms with Gasteiger partial charge in [0.25, 0.3) is 5.91 Å². The van der Waals surface area contributed by atoms with Crippen molar-refractivity contribution < 1.29 is 9.53 Å². The SMILES string of the molecule is CC(C)CN(C(=O)COc1ccc(CC#N)cc1)C1CC1. The number of carbonyl (C=O) groups excluding carboxylic acids is 1. The van der Waals surface area contributed by atoms with Crippen LogP contribution in [0.15, 0.2) is 24.3 Å². The average molecular weight is 286 g/mol. The molecule has 1 fully saturated rings. The number of amides is 1. The summed E-state index contributed by atoms with van der Waals surface area (Å²) in [7, 11) is 0. The third-order valence-electron chi connectivity index (χ3n) is 3.44. The fraction of sp³-hybridized carbons (Fsp3) is 0.529. The van der Waals surface area contributed by atoms with Gasteiger partial charge in [-0.2, -0.15) is 5.26 Å². The Morgan fingerprint density at radius 3 is 2.57 bits per heavy atom. The predicted molar refractivity (Wildman–Crippen MR) is 80.8 cm³/mol. The van der Waals surface area contributed by atoms with Crippen molar-refractivity contribution >= 4 is 5.91 Å². The van der Waals surface area contributed by atoms with Crippen molar-refractivity contribution in [3.63, 3.8) is 0 Å². The van der Waals surface area contributed by atoms with E-state index >= 15 is 0 Å². The van der Waals surface area contributed by atoms with E-state index in [-0.39, 0.29) is 12.5 Å². The van der Waals surface area contributed by atoms with Gasteiger partial charge in [-0.15, -0.1) is 0 Å². The van der Waals surface area contributed by atoms with Crippen LogP contribution in [0.2, 0.25) is 0 Å². The summed E-state index contributed by atoms with van der Waals surface area (Å²) in [6.45, 7) is 5.13. The number of rotatable bonds is 7. The fourth-order valence-corrected chi connectivity index (χ4v) is 2.26. The Kier molecular flexibility index (Phi) is 5.21. The maximum atomic E-state index is 12.3. The summed E-state index contributed by atoms with van der Waals surface area (Å²) < 4.78 is 5.57. The lowest BCUT2D eigenvalue weighted by Gasteiger charge is -2.24. The van der Waals surface area contributed by atoms with Crippen molar-refractivity contribution in [2.24, 2.45) is 5.92 Å². The number of nitriles is 1. The van der Waals surface area contributed by atoms with E-state index in [2.05, 4.69) is 19.9 Å². The smallest absolute Gasteiger partial charge is 0.260 e. The summed E-state index contributed by atoms with van der Waals surface area (Å²) in [4.78, 5) is 14.2. The first kappa shape index (κ1) is 15.4. The number of hydrogen-bond donors (Lipinski definition) is 0. The monoisotopic (exact) mass is 286 g/mol. The van der Waals surface area contributed by atoms with Crippen molar-refractivity contribution in [3.8, 4) is 11.8 Å². The number of benzene rings is 1. The van der Waals surface area contributed by atoms with Crippen molar-refractivity contribution in [2.45, 2.75) is 39.2 Å². The molecule has 0 N–H and O–H groups in total. The van der Waals surface area contributed by atoms with Gasteiger partial charge in [0.05, 0.1) is 12.5 Å². The van der Waals surface area contributed by atoms with Crippen molar-refractivity contribution in [1.82, 2.24) is 4.90 Å². The van der Waals surface area contributed by atoms with Crippen LogP contribution in [-0.4, -0.2) is 30.0 Å². The standard InChI is InChI=1S/C17H22N2O2/c1-13(2)11-19(15-5-6-15)17(20)12-21-16-7-3-14(4-8-16)9-10-18/h3-4,7-8,13,15H,5-6,9,11-12H2,1-2H3. The van der Waals surface area contributed by atoms with Crippen molar-refractivity contribution in [1.29, 1.82) is 5.26 Å². The molecule has 0 heterocycles. The summed E-state index contributed by atoms with van der Waals surface area (Å²) in [5.41, 5.74) is 0.954. The zero-order valence-electron chi connectivity index (χ0n) is 12.7. The molecule has 112 valence electrons. The molecule has 2 rings (SSSR count). The first-order valence-electron chi connectivity index (χ1n) is 7.48. The zero-order chi connectivity index (χ0) is 15.2. The van der Waals surface area contributed by atoms with Gasteiger partial charge in [-0.25, -0.2) is 0 Å². The first-order valence-corrected chi connectivity index (χ1v) is 7.48. The fourth-order valence-electron chi connectivity index (χ4n) is 2.26. The number of ether oxygens (including phenoxy) is 1. The van der Waals surface area contributed by atoms with Crippen LogP contribution >= 0.6 is 0 Å². The Morgan fingerprint density at radius 1 is 1.38 bits per heavy atom. The summed E-state index contributed by atoms with van der Waals surface area (Å²) in [6, 6.07) is 9.86. The van der Waals surface area contributed by atoms with Crippen LogP contribution in [0.4, 0.5) is 0 Å². The molecule has 0 unspecified atom stereocenters. The van der Waals surface area contributed by atoms with Gasteiger partial charge in [-0.05, 0) is 36.5 Å². The quantitative estimate of drug-likeness (QED) is 0.774. The Labute approximate surface area is 126 Å². The van der Waals surface area contributed by atoms with Crippen LogP contribution in [0.3, 0.4) is 0 Å². The molecule has 0 aliphatic heterocycles. The molecule has 1 amide bonds. The van der Waals surface area contributed by atoms with Gasteiger partial charge in [-0.1, -0.05) is 26.0 Å². The van der Waals surface area contributed by atoms with Crippen LogP contribution in [-0.2, 0) is 11.2 Å². The van der Waals surface area contributed by atoms with Crippen molar-refractivity contribution in [3.05, 3.63) is 29.8 Å². The molecule has 0 spiro atoms. The molecule has 4 nitrogen and oxygen atoms in total. The number of hydrogen-bond acceptors (Lipinski definition) is 3. The van der Waals surface area contributed by atoms with Gasteiger partial charge < -0.3 is 9.64 Å². The molecule has 0 aromatic heterocycles. The van der Waals surface area contributed by atoms with E-state index in [1.54, 1.807) is 0 Å². The molecule has 1 aliphatic rings. The first-order chi connectivity index (χ1) is 10.1. The molecule has 1 aromatic carbocycles. The molecule has 4 heteroatoms. The third-order valence-corrected chi connectivity index (χ3v) is 3.44. The zero-order valence-corrected chi connectivity index (χ0v) is 12.7. The second-order valence-electron chi connectivity index (χ2n) is 5.94. The lowest BCUT2D eigenvalue weighted by molar-refractivity contribution is -0.134. The van der Waals surface area contributed by atoms with Gasteiger partial charge in [0.15, 0.2) is 6.61 Å². The molecule has 1 saturated carbocycles. The maximum absolute atomic E-state index is 12.3. The van der Waals surface area contributed by atoms with E-state index < -0.39 is 0 Å². The largest absolute Gasteiger partial charge is 0.484 e. The van der Waals surface area contributed by atoms with Crippen LogP contribution < -0.4 is 4.74 Å². The van der Waals surface area contributed by atoms with Crippen LogP contribution in [0.25, 0.3) is 0 Å². The van der Waals surface area contributed by atoms with Gasteiger partial charge >= 0.3 is 0 Å². The van der Waals surface area contributed by atoms with E-state index in [0.717, 1.165) is 24.9 Å². The summed E-state index contributed by atoms with van der Waals surface area (Å²) in [5.74, 6) is 1.21. The minimum atomic E-state index is 0.0623.